The average Bonchev–Trinajstić information content (AvgIpc) is 1.90. The molecule has 1 rings (SSSR count). The summed E-state index contributed by atoms with van der Waals surface area (Å²) < 4.78 is 0. The monoisotopic (exact) mass is 127 g/mol. The summed E-state index contributed by atoms with van der Waals surface area (Å²) in [4.78, 5) is 13.7. The zero-order valence-corrected chi connectivity index (χ0v) is 4.53. The van der Waals surface area contributed by atoms with Crippen LogP contribution in [0.4, 0.5) is 0 Å². The molecule has 0 saturated heterocycles. The Hall–Kier alpha value is -1.39. The van der Waals surface area contributed by atoms with Gasteiger partial charge in [-0.25, -0.2) is 4.79 Å². The molecule has 0 atom stereocenters. The van der Waals surface area contributed by atoms with Crippen LogP contribution < -0.4 is 5.43 Å². The van der Waals surface area contributed by atoms with Crippen LogP contribution in [-0.4, -0.2) is 29.7 Å². The van der Waals surface area contributed by atoms with Gasteiger partial charge in [-0.2, -0.15) is 5.10 Å². The molecule has 48 valence electrons. The lowest BCUT2D eigenvalue weighted by molar-refractivity contribution is -0.129. The van der Waals surface area contributed by atoms with Crippen molar-refractivity contribution in [3.63, 3.8) is 0 Å². The van der Waals surface area contributed by atoms with Crippen LogP contribution in [0.3, 0.4) is 0 Å². The number of carboxylic acid groups (broad SMARTS) is 1. The lowest BCUT2D eigenvalue weighted by Crippen LogP contribution is -2.24. The maximum atomic E-state index is 10.1. The number of carboxylic acids is 1. The van der Waals surface area contributed by atoms with Crippen molar-refractivity contribution in [2.75, 3.05) is 6.54 Å². The standard InChI is InChI=1S/C4H5N3O2/c8-4(9)3-1-5-2-6-7-3/h2H,1H2,(H,5,6)(H,8,9). The Bertz CT molecular complexity index is 184. The minimum atomic E-state index is -1.03. The van der Waals surface area contributed by atoms with Gasteiger partial charge in [-0.05, 0) is 0 Å². The summed E-state index contributed by atoms with van der Waals surface area (Å²) in [5.41, 5.74) is 2.37. The second-order valence-electron chi connectivity index (χ2n) is 1.46. The van der Waals surface area contributed by atoms with Gasteiger partial charge >= 0.3 is 5.97 Å². The second-order valence-corrected chi connectivity index (χ2v) is 1.46. The SMILES string of the molecule is O=C(O)C1=NNC=NC1. The van der Waals surface area contributed by atoms with Crippen LogP contribution in [0.25, 0.3) is 0 Å². The largest absolute Gasteiger partial charge is 0.477 e. The number of carbonyl (C=O) groups is 1. The average molecular weight is 127 g/mol. The molecule has 0 spiro atoms. The van der Waals surface area contributed by atoms with Crippen LogP contribution in [-0.2, 0) is 4.79 Å². The predicted octanol–water partition coefficient (Wildman–Crippen LogP) is -0.942. The zero-order valence-electron chi connectivity index (χ0n) is 4.53. The molecule has 0 bridgehead atoms. The number of aliphatic imine (C=N–C) groups is 1. The Kier molecular flexibility index (Phi) is 1.44. The van der Waals surface area contributed by atoms with Gasteiger partial charge in [0.05, 0.1) is 6.54 Å². The Morgan fingerprint density at radius 2 is 2.67 bits per heavy atom. The van der Waals surface area contributed by atoms with Gasteiger partial charge in [0.15, 0.2) is 5.71 Å². The molecule has 0 aromatic carbocycles. The van der Waals surface area contributed by atoms with E-state index in [0.29, 0.717) is 0 Å². The number of hydrogen-bond acceptors (Lipinski definition) is 4. The molecule has 1 heterocycles. The lowest BCUT2D eigenvalue weighted by atomic mass is 10.4. The molecule has 0 saturated carbocycles. The van der Waals surface area contributed by atoms with Crippen LogP contribution in [0.1, 0.15) is 0 Å². The molecule has 9 heavy (non-hydrogen) atoms. The fourth-order valence-electron chi connectivity index (χ4n) is 0.431. The van der Waals surface area contributed by atoms with E-state index in [1.54, 1.807) is 0 Å². The van der Waals surface area contributed by atoms with E-state index in [2.05, 4.69) is 15.5 Å². The molecule has 1 aliphatic rings. The highest BCUT2D eigenvalue weighted by atomic mass is 16.4. The fraction of sp³-hybridized carbons (Fsp3) is 0.250. The molecule has 0 aromatic rings. The summed E-state index contributed by atoms with van der Waals surface area (Å²) in [5, 5.41) is 11.7. The summed E-state index contributed by atoms with van der Waals surface area (Å²) in [6.07, 6.45) is 1.35. The van der Waals surface area contributed by atoms with Crippen molar-refractivity contribution in [2.45, 2.75) is 0 Å². The Morgan fingerprint density at radius 3 is 3.00 bits per heavy atom. The number of nitrogens with one attached hydrogen (secondary N) is 1. The van der Waals surface area contributed by atoms with Gasteiger partial charge < -0.3 is 5.11 Å². The van der Waals surface area contributed by atoms with E-state index in [4.69, 9.17) is 5.11 Å². The van der Waals surface area contributed by atoms with Gasteiger partial charge in [-0.15, -0.1) is 0 Å². The van der Waals surface area contributed by atoms with E-state index < -0.39 is 5.97 Å². The number of hydrazone groups is 1. The lowest BCUT2D eigenvalue weighted by Gasteiger charge is -2.00. The van der Waals surface area contributed by atoms with Gasteiger partial charge in [-0.3, -0.25) is 10.4 Å². The van der Waals surface area contributed by atoms with Crippen molar-refractivity contribution in [3.8, 4) is 0 Å². The van der Waals surface area contributed by atoms with Crippen molar-refractivity contribution in [3.05, 3.63) is 0 Å². The first kappa shape index (κ1) is 5.74. The minimum absolute atomic E-state index is 0.0394. The third kappa shape index (κ3) is 1.25. The molecular formula is C4H5N3O2. The van der Waals surface area contributed by atoms with Crippen LogP contribution in [0.2, 0.25) is 0 Å². The summed E-state index contributed by atoms with van der Waals surface area (Å²) in [7, 11) is 0. The van der Waals surface area contributed by atoms with Crippen LogP contribution in [0.15, 0.2) is 10.1 Å². The number of aliphatic carboxylic acids is 1. The first-order chi connectivity index (χ1) is 4.30. The third-order valence-electron chi connectivity index (χ3n) is 0.836. The molecule has 0 radical (unpaired) electrons. The molecule has 0 fully saturated rings. The summed E-state index contributed by atoms with van der Waals surface area (Å²) in [6.45, 7) is 0.155. The number of hydrogen-bond donors (Lipinski definition) is 2. The van der Waals surface area contributed by atoms with Crippen molar-refractivity contribution >= 4 is 18.0 Å². The third-order valence-corrected chi connectivity index (χ3v) is 0.836. The highest BCUT2D eigenvalue weighted by Gasteiger charge is 2.08. The number of rotatable bonds is 1. The summed E-state index contributed by atoms with van der Waals surface area (Å²) >= 11 is 0. The molecular weight excluding hydrogens is 122 g/mol. The first-order valence-electron chi connectivity index (χ1n) is 2.34. The molecule has 1 aliphatic heterocycles. The number of nitrogens with zero attached hydrogens (tertiary/aromatic N) is 2. The molecule has 0 aromatic heterocycles. The minimum Gasteiger partial charge on any atom is -0.477 e. The van der Waals surface area contributed by atoms with Gasteiger partial charge in [0, 0.05) is 0 Å². The maximum absolute atomic E-state index is 10.1. The van der Waals surface area contributed by atoms with Crippen molar-refractivity contribution in [1.29, 1.82) is 0 Å². The quantitative estimate of drug-likeness (QED) is 0.477. The van der Waals surface area contributed by atoms with Crippen LogP contribution in [0.5, 0.6) is 0 Å². The smallest absolute Gasteiger partial charge is 0.354 e. The van der Waals surface area contributed by atoms with Crippen LogP contribution >= 0.6 is 0 Å². The van der Waals surface area contributed by atoms with Crippen molar-refractivity contribution in [2.24, 2.45) is 10.1 Å². The molecule has 5 heteroatoms. The maximum Gasteiger partial charge on any atom is 0.354 e. The van der Waals surface area contributed by atoms with Crippen molar-refractivity contribution in [1.82, 2.24) is 5.43 Å². The molecule has 0 unspecified atom stereocenters. The highest BCUT2D eigenvalue weighted by Crippen LogP contribution is 1.82. The highest BCUT2D eigenvalue weighted by molar-refractivity contribution is 6.36. The zero-order chi connectivity index (χ0) is 6.69. The van der Waals surface area contributed by atoms with Gasteiger partial charge in [0.2, 0.25) is 0 Å². The van der Waals surface area contributed by atoms with Crippen molar-refractivity contribution < 1.29 is 9.90 Å². The predicted molar refractivity (Wildman–Crippen MR) is 31.6 cm³/mol. The second kappa shape index (κ2) is 2.25. The Labute approximate surface area is 51.1 Å². The van der Waals surface area contributed by atoms with Gasteiger partial charge in [0.25, 0.3) is 0 Å². The van der Waals surface area contributed by atoms with E-state index >= 15 is 0 Å². The summed E-state index contributed by atoms with van der Waals surface area (Å²) in [6, 6.07) is 0. The summed E-state index contributed by atoms with van der Waals surface area (Å²) in [5.74, 6) is -1.03. The Morgan fingerprint density at radius 1 is 1.89 bits per heavy atom. The van der Waals surface area contributed by atoms with Crippen LogP contribution in [0, 0.1) is 0 Å². The van der Waals surface area contributed by atoms with E-state index in [9.17, 15) is 4.79 Å². The van der Waals surface area contributed by atoms with Gasteiger partial charge in [0.1, 0.15) is 6.34 Å². The van der Waals surface area contributed by atoms with E-state index in [1.165, 1.54) is 6.34 Å². The normalized spacial score (nSPS) is 16.2. The van der Waals surface area contributed by atoms with E-state index in [0.717, 1.165) is 0 Å². The van der Waals surface area contributed by atoms with E-state index in [1.807, 2.05) is 0 Å². The molecule has 5 nitrogen and oxygen atoms in total. The molecule has 0 aliphatic carbocycles. The fourth-order valence-corrected chi connectivity index (χ4v) is 0.431. The molecule has 0 amide bonds. The topological polar surface area (TPSA) is 74.0 Å². The van der Waals surface area contributed by atoms with Gasteiger partial charge in [-0.1, -0.05) is 0 Å². The molecule has 2 N–H and O–H groups in total. The van der Waals surface area contributed by atoms with E-state index in [-0.39, 0.29) is 12.3 Å². The Balaban J connectivity index is 2.61. The first-order valence-corrected chi connectivity index (χ1v) is 2.34.